The van der Waals surface area contributed by atoms with Gasteiger partial charge in [-0.3, -0.25) is 0 Å². The molecule has 0 saturated carbocycles. The number of hydrogen-bond acceptors (Lipinski definition) is 6. The van der Waals surface area contributed by atoms with E-state index in [0.29, 0.717) is 6.61 Å². The number of rotatable bonds is 12. The van der Waals surface area contributed by atoms with Crippen molar-refractivity contribution in [2.45, 2.75) is 33.0 Å². The molecule has 31 heavy (non-hydrogen) atoms. The van der Waals surface area contributed by atoms with E-state index in [1.165, 1.54) is 24.3 Å². The zero-order valence-corrected chi connectivity index (χ0v) is 17.9. The smallest absolute Gasteiger partial charge is 0.331 e. The number of ether oxygens (including phenoxy) is 4. The summed E-state index contributed by atoms with van der Waals surface area (Å²) < 4.78 is 21.0. The number of methoxy groups -OCH3 is 1. The van der Waals surface area contributed by atoms with Crippen LogP contribution in [0.1, 0.15) is 30.9 Å². The Bertz CT molecular complexity index is 866. The Hall–Kier alpha value is -3.54. The van der Waals surface area contributed by atoms with Crippen molar-refractivity contribution in [2.24, 2.45) is 0 Å². The van der Waals surface area contributed by atoms with Crippen LogP contribution in [0.4, 0.5) is 0 Å². The van der Waals surface area contributed by atoms with Crippen LogP contribution >= 0.6 is 0 Å². The molecule has 0 aliphatic rings. The van der Waals surface area contributed by atoms with Gasteiger partial charge in [0.1, 0.15) is 24.7 Å². The third-order valence-corrected chi connectivity index (χ3v) is 4.19. The molecule has 0 spiro atoms. The molecule has 0 heterocycles. The first-order valence-electron chi connectivity index (χ1n) is 10.1. The van der Waals surface area contributed by atoms with Crippen LogP contribution in [-0.4, -0.2) is 25.7 Å². The van der Waals surface area contributed by atoms with Gasteiger partial charge in [0.25, 0.3) is 0 Å². The van der Waals surface area contributed by atoms with Crippen LogP contribution in [0.25, 0.3) is 0 Å². The maximum Gasteiger partial charge on any atom is 0.331 e. The Morgan fingerprint density at radius 2 is 1.26 bits per heavy atom. The Morgan fingerprint density at radius 1 is 0.774 bits per heavy atom. The highest BCUT2D eigenvalue weighted by atomic mass is 16.5. The fourth-order valence-corrected chi connectivity index (χ4v) is 2.41. The van der Waals surface area contributed by atoms with Crippen LogP contribution in [0.5, 0.6) is 11.5 Å². The van der Waals surface area contributed by atoms with Crippen molar-refractivity contribution < 1.29 is 28.5 Å². The van der Waals surface area contributed by atoms with Gasteiger partial charge in [-0.05, 0) is 41.8 Å². The standard InChI is InChI=1S/C25H28O6/c1-3-4-17-29-23-15-11-21(12-16-23)19-31-25(27)8-6-5-7-24(26)30-18-20-9-13-22(28-2)14-10-20/h5-16H,3-4,17-19H2,1-2H3/b7-5+,8-6+. The van der Waals surface area contributed by atoms with E-state index in [-0.39, 0.29) is 13.2 Å². The molecule has 0 saturated heterocycles. The maximum atomic E-state index is 11.8. The molecule has 2 aromatic rings. The number of hydrogen-bond donors (Lipinski definition) is 0. The van der Waals surface area contributed by atoms with Crippen LogP contribution in [0, 0.1) is 0 Å². The van der Waals surface area contributed by atoms with E-state index in [1.54, 1.807) is 19.2 Å². The number of carbonyl (C=O) groups is 2. The summed E-state index contributed by atoms with van der Waals surface area (Å²) in [5, 5.41) is 0. The minimum absolute atomic E-state index is 0.154. The van der Waals surface area contributed by atoms with Gasteiger partial charge < -0.3 is 18.9 Å². The first kappa shape index (κ1) is 23.7. The Morgan fingerprint density at radius 3 is 1.71 bits per heavy atom. The number of allylic oxidation sites excluding steroid dienone is 2. The molecule has 0 aliphatic heterocycles. The predicted molar refractivity (Wildman–Crippen MR) is 118 cm³/mol. The quantitative estimate of drug-likeness (QED) is 0.211. The number of unbranched alkanes of at least 4 members (excludes halogenated alkanes) is 1. The fourth-order valence-electron chi connectivity index (χ4n) is 2.41. The number of carbonyl (C=O) groups excluding carboxylic acids is 2. The van der Waals surface area contributed by atoms with E-state index in [4.69, 9.17) is 18.9 Å². The average Bonchev–Trinajstić information content (AvgIpc) is 2.80. The lowest BCUT2D eigenvalue weighted by molar-refractivity contribution is -0.140. The van der Waals surface area contributed by atoms with Gasteiger partial charge in [-0.1, -0.05) is 49.8 Å². The molecule has 0 amide bonds. The lowest BCUT2D eigenvalue weighted by Crippen LogP contribution is -2.01. The van der Waals surface area contributed by atoms with E-state index in [0.717, 1.165) is 35.5 Å². The van der Waals surface area contributed by atoms with Crippen LogP contribution in [-0.2, 0) is 32.3 Å². The normalized spacial score (nSPS) is 10.9. The van der Waals surface area contributed by atoms with Gasteiger partial charge in [0, 0.05) is 12.2 Å². The lowest BCUT2D eigenvalue weighted by Gasteiger charge is -2.06. The molecule has 2 rings (SSSR count). The first-order valence-corrected chi connectivity index (χ1v) is 10.1. The van der Waals surface area contributed by atoms with Gasteiger partial charge in [-0.2, -0.15) is 0 Å². The summed E-state index contributed by atoms with van der Waals surface area (Å²) in [6.45, 7) is 3.12. The Balaban J connectivity index is 1.66. The fraction of sp³-hybridized carbons (Fsp3) is 0.280. The lowest BCUT2D eigenvalue weighted by atomic mass is 10.2. The summed E-state index contributed by atoms with van der Waals surface area (Å²) in [4.78, 5) is 23.5. The minimum Gasteiger partial charge on any atom is -0.497 e. The summed E-state index contributed by atoms with van der Waals surface area (Å²) in [5.74, 6) is 0.530. The molecule has 0 fully saturated rings. The summed E-state index contributed by atoms with van der Waals surface area (Å²) in [6.07, 6.45) is 7.45. The van der Waals surface area contributed by atoms with Gasteiger partial charge in [0.2, 0.25) is 0 Å². The van der Waals surface area contributed by atoms with Gasteiger partial charge in [0.15, 0.2) is 0 Å². The molecule has 0 aliphatic carbocycles. The highest BCUT2D eigenvalue weighted by Gasteiger charge is 2.01. The number of esters is 2. The highest BCUT2D eigenvalue weighted by Crippen LogP contribution is 2.14. The second-order valence-electron chi connectivity index (χ2n) is 6.63. The van der Waals surface area contributed by atoms with Crippen molar-refractivity contribution in [3.05, 3.63) is 84.0 Å². The summed E-state index contributed by atoms with van der Waals surface area (Å²) in [7, 11) is 1.59. The van der Waals surface area contributed by atoms with E-state index in [9.17, 15) is 9.59 Å². The largest absolute Gasteiger partial charge is 0.497 e. The molecule has 6 heteroatoms. The molecule has 6 nitrogen and oxygen atoms in total. The van der Waals surface area contributed by atoms with Crippen molar-refractivity contribution >= 4 is 11.9 Å². The third kappa shape index (κ3) is 9.67. The van der Waals surface area contributed by atoms with E-state index in [2.05, 4.69) is 6.92 Å². The van der Waals surface area contributed by atoms with Crippen LogP contribution in [0.15, 0.2) is 72.8 Å². The summed E-state index contributed by atoms with van der Waals surface area (Å²) in [5.41, 5.74) is 1.71. The maximum absolute atomic E-state index is 11.8. The first-order chi connectivity index (χ1) is 15.1. The average molecular weight is 424 g/mol. The monoisotopic (exact) mass is 424 g/mol. The zero-order valence-electron chi connectivity index (χ0n) is 17.9. The van der Waals surface area contributed by atoms with Crippen LogP contribution < -0.4 is 9.47 Å². The van der Waals surface area contributed by atoms with Crippen molar-refractivity contribution in [1.29, 1.82) is 0 Å². The van der Waals surface area contributed by atoms with Gasteiger partial charge in [-0.15, -0.1) is 0 Å². The van der Waals surface area contributed by atoms with E-state index < -0.39 is 11.9 Å². The van der Waals surface area contributed by atoms with Crippen molar-refractivity contribution in [1.82, 2.24) is 0 Å². The van der Waals surface area contributed by atoms with Gasteiger partial charge in [0.05, 0.1) is 13.7 Å². The minimum atomic E-state index is -0.505. The molecule has 0 atom stereocenters. The summed E-state index contributed by atoms with van der Waals surface area (Å²) >= 11 is 0. The molecule has 164 valence electrons. The molecule has 0 unspecified atom stereocenters. The SMILES string of the molecule is CCCCOc1ccc(COC(=O)/C=C/C=C/C(=O)OCc2ccc(OC)cc2)cc1. The summed E-state index contributed by atoms with van der Waals surface area (Å²) in [6, 6.07) is 14.7. The van der Waals surface area contributed by atoms with Gasteiger partial charge in [-0.25, -0.2) is 9.59 Å². The molecule has 0 N–H and O–H groups in total. The Labute approximate surface area is 183 Å². The molecular formula is C25H28O6. The van der Waals surface area contributed by atoms with Crippen LogP contribution in [0.3, 0.4) is 0 Å². The van der Waals surface area contributed by atoms with Crippen molar-refractivity contribution in [3.8, 4) is 11.5 Å². The van der Waals surface area contributed by atoms with Gasteiger partial charge >= 0.3 is 11.9 Å². The third-order valence-electron chi connectivity index (χ3n) is 4.19. The highest BCUT2D eigenvalue weighted by molar-refractivity contribution is 5.84. The van der Waals surface area contributed by atoms with E-state index >= 15 is 0 Å². The zero-order chi connectivity index (χ0) is 22.3. The van der Waals surface area contributed by atoms with E-state index in [1.807, 2.05) is 36.4 Å². The predicted octanol–water partition coefficient (Wildman–Crippen LogP) is 4.77. The van der Waals surface area contributed by atoms with Crippen LogP contribution in [0.2, 0.25) is 0 Å². The molecular weight excluding hydrogens is 396 g/mol. The molecule has 0 bridgehead atoms. The molecule has 2 aromatic carbocycles. The second-order valence-corrected chi connectivity index (χ2v) is 6.63. The topological polar surface area (TPSA) is 71.1 Å². The molecule has 0 aromatic heterocycles. The number of benzene rings is 2. The molecule has 0 radical (unpaired) electrons. The second kappa shape index (κ2) is 13.6. The van der Waals surface area contributed by atoms with Crippen molar-refractivity contribution in [3.63, 3.8) is 0 Å². The Kier molecular flexibility index (Phi) is 10.4. The van der Waals surface area contributed by atoms with Crippen molar-refractivity contribution in [2.75, 3.05) is 13.7 Å².